The van der Waals surface area contributed by atoms with Crippen molar-refractivity contribution in [2.75, 3.05) is 10.8 Å². The summed E-state index contributed by atoms with van der Waals surface area (Å²) in [6, 6.07) is 9.80. The highest BCUT2D eigenvalue weighted by atomic mass is 32.2. The lowest BCUT2D eigenvalue weighted by atomic mass is 10.1. The van der Waals surface area contributed by atoms with E-state index >= 15 is 0 Å². The third-order valence-electron chi connectivity index (χ3n) is 3.55. The largest absolute Gasteiger partial charge is 0.368 e. The highest BCUT2D eigenvalue weighted by molar-refractivity contribution is 7.92. The number of anilines is 1. The van der Waals surface area contributed by atoms with Crippen LogP contribution in [0.4, 0.5) is 11.4 Å². The average Bonchev–Trinajstić information content (AvgIpc) is 2.55. The monoisotopic (exact) mass is 363 g/mol. The SMILES string of the molecule is Cc1ccc(C)c(N(CC(N)=O)S(=O)(=O)c2cccc([N+](=O)[O-])c2)c1. The molecule has 0 unspecified atom stereocenters. The number of amides is 1. The van der Waals surface area contributed by atoms with E-state index in [9.17, 15) is 23.3 Å². The molecule has 0 saturated heterocycles. The zero-order chi connectivity index (χ0) is 18.8. The minimum absolute atomic E-state index is 0.288. The lowest BCUT2D eigenvalue weighted by Crippen LogP contribution is -2.39. The first-order valence-corrected chi connectivity index (χ1v) is 8.69. The summed E-state index contributed by atoms with van der Waals surface area (Å²) in [7, 11) is -4.22. The van der Waals surface area contributed by atoms with Gasteiger partial charge in [-0.25, -0.2) is 8.42 Å². The number of hydrogen-bond donors (Lipinski definition) is 1. The van der Waals surface area contributed by atoms with Gasteiger partial charge in [-0.3, -0.25) is 19.2 Å². The molecule has 2 aromatic carbocycles. The normalized spacial score (nSPS) is 11.1. The number of non-ortho nitro benzene ring substituents is 1. The number of nitro benzene ring substituents is 1. The predicted molar refractivity (Wildman–Crippen MR) is 92.7 cm³/mol. The number of nitro groups is 1. The van der Waals surface area contributed by atoms with Gasteiger partial charge in [0.05, 0.1) is 15.5 Å². The Bertz CT molecular complexity index is 941. The zero-order valence-corrected chi connectivity index (χ0v) is 14.5. The average molecular weight is 363 g/mol. The molecule has 2 aromatic rings. The molecule has 8 nitrogen and oxygen atoms in total. The summed E-state index contributed by atoms with van der Waals surface area (Å²) >= 11 is 0. The second-order valence-corrected chi connectivity index (χ2v) is 7.38. The molecular formula is C16H17N3O5S. The van der Waals surface area contributed by atoms with Crippen LogP contribution in [-0.2, 0) is 14.8 Å². The molecule has 0 aliphatic rings. The Morgan fingerprint density at radius 1 is 1.20 bits per heavy atom. The van der Waals surface area contributed by atoms with Gasteiger partial charge in [0.1, 0.15) is 6.54 Å². The number of rotatable bonds is 6. The van der Waals surface area contributed by atoms with E-state index in [1.165, 1.54) is 18.2 Å². The third kappa shape index (κ3) is 3.94. The first kappa shape index (κ1) is 18.4. The molecule has 1 amide bonds. The number of aryl methyl sites for hydroxylation is 2. The van der Waals surface area contributed by atoms with Crippen LogP contribution < -0.4 is 10.0 Å². The maximum atomic E-state index is 13.0. The fourth-order valence-electron chi connectivity index (χ4n) is 2.31. The van der Waals surface area contributed by atoms with E-state index in [-0.39, 0.29) is 10.6 Å². The molecule has 0 aliphatic carbocycles. The number of benzene rings is 2. The van der Waals surface area contributed by atoms with Gasteiger partial charge in [-0.1, -0.05) is 18.2 Å². The zero-order valence-electron chi connectivity index (χ0n) is 13.7. The van der Waals surface area contributed by atoms with E-state index < -0.39 is 27.4 Å². The Morgan fingerprint density at radius 3 is 2.48 bits per heavy atom. The predicted octanol–water partition coefficient (Wildman–Crippen LogP) is 1.89. The van der Waals surface area contributed by atoms with Crippen molar-refractivity contribution in [2.24, 2.45) is 5.73 Å². The van der Waals surface area contributed by atoms with Gasteiger partial charge in [0, 0.05) is 12.1 Å². The summed E-state index contributed by atoms with van der Waals surface area (Å²) in [5.74, 6) is -0.838. The molecule has 0 heterocycles. The molecule has 0 spiro atoms. The Morgan fingerprint density at radius 2 is 1.88 bits per heavy atom. The molecule has 2 rings (SSSR count). The summed E-state index contributed by atoms with van der Waals surface area (Å²) in [5, 5.41) is 10.9. The van der Waals surface area contributed by atoms with Crippen LogP contribution in [-0.4, -0.2) is 25.8 Å². The third-order valence-corrected chi connectivity index (χ3v) is 5.30. The van der Waals surface area contributed by atoms with Gasteiger partial charge in [0.2, 0.25) is 5.91 Å². The van der Waals surface area contributed by atoms with Crippen LogP contribution in [0.1, 0.15) is 11.1 Å². The standard InChI is InChI=1S/C16H17N3O5S/c1-11-6-7-12(2)15(8-11)18(10-16(17)20)25(23,24)14-5-3-4-13(9-14)19(21)22/h3-9H,10H2,1-2H3,(H2,17,20). The van der Waals surface area contributed by atoms with Crippen LogP contribution in [0.3, 0.4) is 0 Å². The molecule has 0 atom stereocenters. The van der Waals surface area contributed by atoms with Crippen molar-refractivity contribution in [1.82, 2.24) is 0 Å². The van der Waals surface area contributed by atoms with Crippen molar-refractivity contribution < 1.29 is 18.1 Å². The van der Waals surface area contributed by atoms with Crippen LogP contribution >= 0.6 is 0 Å². The first-order valence-electron chi connectivity index (χ1n) is 7.25. The summed E-state index contributed by atoms with van der Waals surface area (Å²) in [4.78, 5) is 21.4. The summed E-state index contributed by atoms with van der Waals surface area (Å²) < 4.78 is 26.9. The maximum absolute atomic E-state index is 13.0. The molecule has 9 heteroatoms. The number of hydrogen-bond acceptors (Lipinski definition) is 5. The molecule has 2 N–H and O–H groups in total. The van der Waals surface area contributed by atoms with Crippen molar-refractivity contribution in [3.63, 3.8) is 0 Å². The summed E-state index contributed by atoms with van der Waals surface area (Å²) in [6.07, 6.45) is 0. The molecule has 0 fully saturated rings. The van der Waals surface area contributed by atoms with Crippen LogP contribution in [0.25, 0.3) is 0 Å². The van der Waals surface area contributed by atoms with E-state index in [2.05, 4.69) is 0 Å². The number of carbonyl (C=O) groups is 1. The van der Waals surface area contributed by atoms with Gasteiger partial charge in [-0.05, 0) is 37.1 Å². The van der Waals surface area contributed by atoms with Gasteiger partial charge >= 0.3 is 0 Å². The molecular weight excluding hydrogens is 346 g/mol. The first-order chi connectivity index (χ1) is 11.6. The molecule has 132 valence electrons. The summed E-state index contributed by atoms with van der Waals surface area (Å²) in [6.45, 7) is 2.91. The molecule has 0 radical (unpaired) electrons. The minimum Gasteiger partial charge on any atom is -0.368 e. The molecule has 0 saturated carbocycles. The fraction of sp³-hybridized carbons (Fsp3) is 0.188. The van der Waals surface area contributed by atoms with E-state index in [4.69, 9.17) is 5.73 Å². The van der Waals surface area contributed by atoms with Gasteiger partial charge in [-0.2, -0.15) is 0 Å². The van der Waals surface area contributed by atoms with Crippen LogP contribution in [0, 0.1) is 24.0 Å². The van der Waals surface area contributed by atoms with Crippen molar-refractivity contribution >= 4 is 27.3 Å². The van der Waals surface area contributed by atoms with Crippen LogP contribution in [0.2, 0.25) is 0 Å². The topological polar surface area (TPSA) is 124 Å². The van der Waals surface area contributed by atoms with Gasteiger partial charge < -0.3 is 5.73 Å². The Labute approximate surface area is 145 Å². The van der Waals surface area contributed by atoms with Gasteiger partial charge in [0.25, 0.3) is 15.7 Å². The lowest BCUT2D eigenvalue weighted by molar-refractivity contribution is -0.385. The van der Waals surface area contributed by atoms with Crippen LogP contribution in [0.5, 0.6) is 0 Å². The molecule has 0 aromatic heterocycles. The van der Waals surface area contributed by atoms with Crippen molar-refractivity contribution in [2.45, 2.75) is 18.7 Å². The molecule has 25 heavy (non-hydrogen) atoms. The number of nitrogens with two attached hydrogens (primary N) is 1. The Balaban J connectivity index is 2.64. The highest BCUT2D eigenvalue weighted by Crippen LogP contribution is 2.29. The van der Waals surface area contributed by atoms with Crippen molar-refractivity contribution in [3.05, 3.63) is 63.7 Å². The lowest BCUT2D eigenvalue weighted by Gasteiger charge is -2.25. The molecule has 0 bridgehead atoms. The van der Waals surface area contributed by atoms with Gasteiger partial charge in [-0.15, -0.1) is 0 Å². The van der Waals surface area contributed by atoms with Gasteiger partial charge in [0.15, 0.2) is 0 Å². The minimum atomic E-state index is -4.22. The van der Waals surface area contributed by atoms with Crippen molar-refractivity contribution in [1.29, 1.82) is 0 Å². The second kappa shape index (κ2) is 6.89. The smallest absolute Gasteiger partial charge is 0.270 e. The Kier molecular flexibility index (Phi) is 5.07. The quantitative estimate of drug-likeness (QED) is 0.620. The van der Waals surface area contributed by atoms with Crippen LogP contribution in [0.15, 0.2) is 47.4 Å². The van der Waals surface area contributed by atoms with Crippen molar-refractivity contribution in [3.8, 4) is 0 Å². The summed E-state index contributed by atoms with van der Waals surface area (Å²) in [5.41, 5.74) is 6.58. The Hall–Kier alpha value is -2.94. The maximum Gasteiger partial charge on any atom is 0.270 e. The van der Waals surface area contributed by atoms with E-state index in [1.807, 2.05) is 0 Å². The molecule has 0 aliphatic heterocycles. The van der Waals surface area contributed by atoms with E-state index in [1.54, 1.807) is 32.0 Å². The number of nitrogens with zero attached hydrogens (tertiary/aromatic N) is 2. The van der Waals surface area contributed by atoms with E-state index in [0.717, 1.165) is 15.9 Å². The number of primary amides is 1. The van der Waals surface area contributed by atoms with E-state index in [0.29, 0.717) is 11.3 Å². The number of carbonyl (C=O) groups excluding carboxylic acids is 1. The second-order valence-electron chi connectivity index (χ2n) is 5.52. The number of sulfonamides is 1. The fourth-order valence-corrected chi connectivity index (χ4v) is 3.84. The highest BCUT2D eigenvalue weighted by Gasteiger charge is 2.29.